The van der Waals surface area contributed by atoms with Crippen molar-refractivity contribution in [2.45, 2.75) is 25.9 Å². The molecule has 0 saturated carbocycles. The van der Waals surface area contributed by atoms with Crippen molar-refractivity contribution in [3.63, 3.8) is 0 Å². The molecule has 3 nitrogen and oxygen atoms in total. The Morgan fingerprint density at radius 3 is 2.50 bits per heavy atom. The first-order valence-corrected chi connectivity index (χ1v) is 6.84. The molecule has 0 aromatic heterocycles. The number of hydrogen-bond acceptors (Lipinski definition) is 1. The SMILES string of the molecule is CCNC(=NCCC(F)(F)F)NCCc1ccc(F)cc1F. The van der Waals surface area contributed by atoms with E-state index in [-0.39, 0.29) is 25.5 Å². The lowest BCUT2D eigenvalue weighted by Crippen LogP contribution is -2.38. The minimum absolute atomic E-state index is 0.231. The molecule has 8 heteroatoms. The van der Waals surface area contributed by atoms with Crippen molar-refractivity contribution in [2.24, 2.45) is 4.99 Å². The molecule has 0 atom stereocenters. The van der Waals surface area contributed by atoms with Gasteiger partial charge in [-0.2, -0.15) is 13.2 Å². The molecule has 0 aliphatic rings. The highest BCUT2D eigenvalue weighted by atomic mass is 19.4. The zero-order valence-electron chi connectivity index (χ0n) is 12.1. The van der Waals surface area contributed by atoms with Gasteiger partial charge in [0.1, 0.15) is 11.6 Å². The van der Waals surface area contributed by atoms with E-state index >= 15 is 0 Å². The molecule has 0 amide bonds. The van der Waals surface area contributed by atoms with Crippen LogP contribution in [0, 0.1) is 11.6 Å². The maximum Gasteiger partial charge on any atom is 0.390 e. The highest BCUT2D eigenvalue weighted by Crippen LogP contribution is 2.18. The van der Waals surface area contributed by atoms with Gasteiger partial charge in [0.2, 0.25) is 0 Å². The molecule has 0 heterocycles. The van der Waals surface area contributed by atoms with Crippen LogP contribution in [0.4, 0.5) is 22.0 Å². The van der Waals surface area contributed by atoms with Crippen molar-refractivity contribution in [1.29, 1.82) is 0 Å². The van der Waals surface area contributed by atoms with E-state index in [2.05, 4.69) is 15.6 Å². The van der Waals surface area contributed by atoms with Gasteiger partial charge in [0.05, 0.1) is 13.0 Å². The van der Waals surface area contributed by atoms with Crippen molar-refractivity contribution in [2.75, 3.05) is 19.6 Å². The average molecular weight is 323 g/mol. The van der Waals surface area contributed by atoms with Crippen LogP contribution in [-0.4, -0.2) is 31.8 Å². The van der Waals surface area contributed by atoms with Crippen molar-refractivity contribution in [1.82, 2.24) is 10.6 Å². The molecule has 0 bridgehead atoms. The first-order valence-electron chi connectivity index (χ1n) is 6.84. The van der Waals surface area contributed by atoms with Crippen molar-refractivity contribution in [3.8, 4) is 0 Å². The van der Waals surface area contributed by atoms with E-state index in [0.717, 1.165) is 12.1 Å². The highest BCUT2D eigenvalue weighted by molar-refractivity contribution is 5.79. The smallest absolute Gasteiger partial charge is 0.357 e. The van der Waals surface area contributed by atoms with Crippen LogP contribution < -0.4 is 10.6 Å². The Hall–Kier alpha value is -1.86. The van der Waals surface area contributed by atoms with E-state index in [9.17, 15) is 22.0 Å². The topological polar surface area (TPSA) is 36.4 Å². The summed E-state index contributed by atoms with van der Waals surface area (Å²) < 4.78 is 62.4. The molecule has 124 valence electrons. The summed E-state index contributed by atoms with van der Waals surface area (Å²) in [6, 6.07) is 3.28. The Kier molecular flexibility index (Phi) is 7.07. The molecule has 22 heavy (non-hydrogen) atoms. The Bertz CT molecular complexity index is 500. The lowest BCUT2D eigenvalue weighted by molar-refractivity contribution is -0.132. The zero-order chi connectivity index (χ0) is 16.6. The van der Waals surface area contributed by atoms with Crippen LogP contribution in [0.1, 0.15) is 18.9 Å². The molecule has 0 aliphatic heterocycles. The van der Waals surface area contributed by atoms with Crippen molar-refractivity contribution >= 4 is 5.96 Å². The predicted molar refractivity (Wildman–Crippen MR) is 74.7 cm³/mol. The van der Waals surface area contributed by atoms with Gasteiger partial charge in [-0.15, -0.1) is 0 Å². The lowest BCUT2D eigenvalue weighted by atomic mass is 10.1. The van der Waals surface area contributed by atoms with E-state index < -0.39 is 24.2 Å². The molecule has 0 radical (unpaired) electrons. The number of alkyl halides is 3. The van der Waals surface area contributed by atoms with Gasteiger partial charge < -0.3 is 10.6 Å². The number of benzene rings is 1. The van der Waals surface area contributed by atoms with Gasteiger partial charge in [0.25, 0.3) is 0 Å². The minimum atomic E-state index is -4.25. The van der Waals surface area contributed by atoms with Crippen molar-refractivity contribution < 1.29 is 22.0 Å². The van der Waals surface area contributed by atoms with Crippen LogP contribution in [0.2, 0.25) is 0 Å². The van der Waals surface area contributed by atoms with Gasteiger partial charge in [-0.3, -0.25) is 4.99 Å². The molecule has 1 aromatic carbocycles. The molecule has 0 saturated heterocycles. The maximum atomic E-state index is 13.4. The fraction of sp³-hybridized carbons (Fsp3) is 0.500. The van der Waals surface area contributed by atoms with E-state index in [4.69, 9.17) is 0 Å². The largest absolute Gasteiger partial charge is 0.390 e. The summed E-state index contributed by atoms with van der Waals surface area (Å²) in [6.45, 7) is 2.15. The van der Waals surface area contributed by atoms with E-state index in [1.165, 1.54) is 6.07 Å². The van der Waals surface area contributed by atoms with Crippen LogP contribution in [0.5, 0.6) is 0 Å². The summed E-state index contributed by atoms with van der Waals surface area (Å²) in [5, 5.41) is 5.61. The third-order valence-corrected chi connectivity index (χ3v) is 2.71. The quantitative estimate of drug-likeness (QED) is 0.480. The fourth-order valence-corrected chi connectivity index (χ4v) is 1.68. The molecule has 0 fully saturated rings. The van der Waals surface area contributed by atoms with E-state index in [1.807, 2.05) is 0 Å². The van der Waals surface area contributed by atoms with Crippen molar-refractivity contribution in [3.05, 3.63) is 35.4 Å². The summed E-state index contributed by atoms with van der Waals surface area (Å²) in [4.78, 5) is 3.79. The number of aliphatic imine (C=N–C) groups is 1. The van der Waals surface area contributed by atoms with Gasteiger partial charge >= 0.3 is 6.18 Å². The van der Waals surface area contributed by atoms with Crippen LogP contribution in [-0.2, 0) is 6.42 Å². The molecule has 0 unspecified atom stereocenters. The third-order valence-electron chi connectivity index (χ3n) is 2.71. The summed E-state index contributed by atoms with van der Waals surface area (Å²) in [7, 11) is 0. The number of guanidine groups is 1. The molecule has 2 N–H and O–H groups in total. The Morgan fingerprint density at radius 1 is 1.18 bits per heavy atom. The number of halogens is 5. The number of nitrogens with one attached hydrogen (secondary N) is 2. The number of nitrogens with zero attached hydrogens (tertiary/aromatic N) is 1. The van der Waals surface area contributed by atoms with E-state index in [1.54, 1.807) is 6.92 Å². The summed E-state index contributed by atoms with van der Waals surface area (Å²) in [6.07, 6.45) is -5.00. The molecule has 1 rings (SSSR count). The van der Waals surface area contributed by atoms with Crippen LogP contribution in [0.3, 0.4) is 0 Å². The van der Waals surface area contributed by atoms with Gasteiger partial charge in [0.15, 0.2) is 5.96 Å². The van der Waals surface area contributed by atoms with Gasteiger partial charge in [-0.05, 0) is 25.0 Å². The third kappa shape index (κ3) is 7.24. The second-order valence-electron chi connectivity index (χ2n) is 4.54. The van der Waals surface area contributed by atoms with Crippen LogP contribution in [0.15, 0.2) is 23.2 Å². The van der Waals surface area contributed by atoms with Crippen LogP contribution in [0.25, 0.3) is 0 Å². The predicted octanol–water partition coefficient (Wildman–Crippen LogP) is 3.01. The first-order chi connectivity index (χ1) is 10.3. The first kappa shape index (κ1) is 18.2. The second kappa shape index (κ2) is 8.55. The van der Waals surface area contributed by atoms with E-state index in [0.29, 0.717) is 12.1 Å². The highest BCUT2D eigenvalue weighted by Gasteiger charge is 2.26. The lowest BCUT2D eigenvalue weighted by Gasteiger charge is -2.12. The Morgan fingerprint density at radius 2 is 1.91 bits per heavy atom. The molecule has 0 spiro atoms. The standard InChI is InChI=1S/C14H18F5N3/c1-2-20-13(22-8-6-14(17,18)19)21-7-5-10-3-4-11(15)9-12(10)16/h3-4,9H,2,5-8H2,1H3,(H2,20,21,22). The Labute approximate surface area is 125 Å². The average Bonchev–Trinajstić information content (AvgIpc) is 2.40. The van der Waals surface area contributed by atoms with Gasteiger partial charge in [0, 0.05) is 19.2 Å². The fourth-order valence-electron chi connectivity index (χ4n) is 1.68. The summed E-state index contributed by atoms with van der Waals surface area (Å²) in [5.74, 6) is -1.08. The zero-order valence-corrected chi connectivity index (χ0v) is 12.1. The molecular weight excluding hydrogens is 305 g/mol. The monoisotopic (exact) mass is 323 g/mol. The summed E-state index contributed by atoms with van der Waals surface area (Å²) >= 11 is 0. The second-order valence-corrected chi connectivity index (χ2v) is 4.54. The summed E-state index contributed by atoms with van der Waals surface area (Å²) in [5.41, 5.74) is 0.319. The number of hydrogen-bond donors (Lipinski definition) is 2. The van der Waals surface area contributed by atoms with Crippen LogP contribution >= 0.6 is 0 Å². The minimum Gasteiger partial charge on any atom is -0.357 e. The molecular formula is C14H18F5N3. The normalized spacial score (nSPS) is 12.4. The van der Waals surface area contributed by atoms with Gasteiger partial charge in [-0.25, -0.2) is 8.78 Å². The molecule has 0 aliphatic carbocycles. The number of rotatable bonds is 6. The maximum absolute atomic E-state index is 13.4. The Balaban J connectivity index is 2.48. The van der Waals surface area contributed by atoms with Gasteiger partial charge in [-0.1, -0.05) is 6.07 Å². The molecule has 1 aromatic rings.